The largest absolute Gasteiger partial charge is 0.490 e. The van der Waals surface area contributed by atoms with E-state index >= 15 is 0 Å². The molecule has 0 saturated carbocycles. The summed E-state index contributed by atoms with van der Waals surface area (Å²) in [6.45, 7) is 5.38. The Morgan fingerprint density at radius 1 is 1.26 bits per heavy atom. The average Bonchev–Trinajstić information content (AvgIpc) is 3.33. The molecular weight excluding hydrogens is 468 g/mol. The highest BCUT2D eigenvalue weighted by molar-refractivity contribution is 8.15. The number of esters is 1. The van der Waals surface area contributed by atoms with E-state index in [1.807, 2.05) is 36.6 Å². The molecule has 9 nitrogen and oxygen atoms in total. The number of nitrogens with zero attached hydrogens (tertiary/aromatic N) is 4. The highest BCUT2D eigenvalue weighted by Crippen LogP contribution is 2.25. The minimum atomic E-state index is -0.463. The summed E-state index contributed by atoms with van der Waals surface area (Å²) in [4.78, 5) is 25.2. The summed E-state index contributed by atoms with van der Waals surface area (Å²) in [7, 11) is 1.31. The van der Waals surface area contributed by atoms with Crippen LogP contribution >= 0.6 is 11.8 Å². The van der Waals surface area contributed by atoms with Gasteiger partial charge in [0.15, 0.2) is 0 Å². The Morgan fingerprint density at radius 3 is 2.63 bits per heavy atom. The monoisotopic (exact) mass is 494 g/mol. The van der Waals surface area contributed by atoms with Crippen molar-refractivity contribution < 1.29 is 23.9 Å². The number of methoxy groups -OCH3 is 1. The molecule has 0 aliphatic carbocycles. The van der Waals surface area contributed by atoms with Gasteiger partial charge in [-0.05, 0) is 54.3 Å². The second-order valence-corrected chi connectivity index (χ2v) is 7.96. The average molecular weight is 495 g/mol. The third kappa shape index (κ3) is 7.11. The Kier molecular flexibility index (Phi) is 9.33. The summed E-state index contributed by atoms with van der Waals surface area (Å²) in [6.07, 6.45) is 3.48. The quantitative estimate of drug-likeness (QED) is 0.193. The zero-order chi connectivity index (χ0) is 25.2. The number of aromatic nitrogens is 2. The van der Waals surface area contributed by atoms with Crippen molar-refractivity contribution in [3.05, 3.63) is 72.1 Å². The Labute approximate surface area is 207 Å². The van der Waals surface area contributed by atoms with Crippen LogP contribution in [-0.4, -0.2) is 58.5 Å². The predicted molar refractivity (Wildman–Crippen MR) is 137 cm³/mol. The van der Waals surface area contributed by atoms with Crippen LogP contribution in [0.25, 0.3) is 11.4 Å². The summed E-state index contributed by atoms with van der Waals surface area (Å²) in [5.41, 5.74) is 3.27. The molecule has 3 rings (SSSR count). The molecular formula is C25H26N4O5S. The van der Waals surface area contributed by atoms with Gasteiger partial charge in [-0.2, -0.15) is 4.98 Å². The maximum Gasteiger partial charge on any atom is 0.327 e. The fourth-order valence-electron chi connectivity index (χ4n) is 3.03. The molecule has 0 fully saturated rings. The molecule has 3 aromatic rings. The number of rotatable bonds is 10. The van der Waals surface area contributed by atoms with Crippen LogP contribution in [0.1, 0.15) is 17.0 Å². The van der Waals surface area contributed by atoms with Crippen LogP contribution in [-0.2, 0) is 16.1 Å². The third-order valence-corrected chi connectivity index (χ3v) is 5.37. The van der Waals surface area contributed by atoms with E-state index in [2.05, 4.69) is 21.7 Å². The Hall–Kier alpha value is -3.76. The number of thioether (sulfide) groups is 1. The summed E-state index contributed by atoms with van der Waals surface area (Å²) >= 11 is 1.34. The van der Waals surface area contributed by atoms with Crippen molar-refractivity contribution in [2.75, 3.05) is 26.5 Å². The molecule has 0 spiro atoms. The van der Waals surface area contributed by atoms with Gasteiger partial charge < -0.3 is 19.1 Å². The number of carbonyl (C=O) groups is 1. The number of hydrogen-bond acceptors (Lipinski definition) is 10. The topological polar surface area (TPSA) is 119 Å². The van der Waals surface area contributed by atoms with E-state index in [0.29, 0.717) is 51.6 Å². The second kappa shape index (κ2) is 12.6. The number of ether oxygens (including phenoxy) is 2. The van der Waals surface area contributed by atoms with Gasteiger partial charge in [0.1, 0.15) is 29.7 Å². The maximum absolute atomic E-state index is 11.7. The highest BCUT2D eigenvalue weighted by Gasteiger charge is 2.16. The van der Waals surface area contributed by atoms with E-state index in [4.69, 9.17) is 19.0 Å². The molecule has 1 heterocycles. The standard InChI is InChI=1S/C25H26N4O5S/c1-5-10-33-21-12-17(15-30)11-19(13-21)23(25(35-4)26-14-22(31)32-3)28-20-8-6-18(7-9-20)24-27-16(2)34-29-24/h5-9,11-13,30H,1,10,14-15H2,2-4H3/b26-25-,28-23+. The van der Waals surface area contributed by atoms with E-state index in [0.717, 1.165) is 5.56 Å². The van der Waals surface area contributed by atoms with Crippen LogP contribution in [0, 0.1) is 6.92 Å². The molecule has 0 amide bonds. The van der Waals surface area contributed by atoms with Crippen LogP contribution < -0.4 is 4.74 Å². The smallest absolute Gasteiger partial charge is 0.327 e. The van der Waals surface area contributed by atoms with Gasteiger partial charge in [0.05, 0.1) is 19.4 Å². The summed E-state index contributed by atoms with van der Waals surface area (Å²) in [5.74, 6) is 1.06. The number of benzene rings is 2. The van der Waals surface area contributed by atoms with Crippen molar-refractivity contribution in [3.8, 4) is 17.1 Å². The highest BCUT2D eigenvalue weighted by atomic mass is 32.2. The Balaban J connectivity index is 2.08. The number of aliphatic imine (C=N–C) groups is 2. The number of aliphatic hydroxyl groups is 1. The molecule has 0 radical (unpaired) electrons. The third-order valence-electron chi connectivity index (χ3n) is 4.66. The lowest BCUT2D eigenvalue weighted by molar-refractivity contribution is -0.138. The van der Waals surface area contributed by atoms with Crippen molar-refractivity contribution in [2.24, 2.45) is 9.98 Å². The van der Waals surface area contributed by atoms with Gasteiger partial charge in [0.2, 0.25) is 11.7 Å². The SMILES string of the molecule is C=CCOc1cc(CO)cc(C(=N\c2ccc(-c3noc(C)n3)cc2)/C(=N/CC(=O)OC)SC)c1. The van der Waals surface area contributed by atoms with Crippen LogP contribution in [0.2, 0.25) is 0 Å². The number of aliphatic hydroxyl groups excluding tert-OH is 1. The van der Waals surface area contributed by atoms with Crippen LogP contribution in [0.15, 0.2) is 69.6 Å². The minimum Gasteiger partial charge on any atom is -0.490 e. The van der Waals surface area contributed by atoms with Gasteiger partial charge in [0, 0.05) is 18.1 Å². The van der Waals surface area contributed by atoms with Crippen LogP contribution in [0.4, 0.5) is 5.69 Å². The van der Waals surface area contributed by atoms with Crippen molar-refractivity contribution in [2.45, 2.75) is 13.5 Å². The van der Waals surface area contributed by atoms with E-state index in [9.17, 15) is 9.90 Å². The van der Waals surface area contributed by atoms with Gasteiger partial charge in [-0.1, -0.05) is 17.8 Å². The summed E-state index contributed by atoms with van der Waals surface area (Å²) < 4.78 is 15.5. The second-order valence-electron chi connectivity index (χ2n) is 7.17. The van der Waals surface area contributed by atoms with Crippen LogP contribution in [0.5, 0.6) is 5.75 Å². The molecule has 2 aromatic carbocycles. The molecule has 0 aliphatic rings. The van der Waals surface area contributed by atoms with Crippen molar-refractivity contribution >= 4 is 34.2 Å². The lowest BCUT2D eigenvalue weighted by Gasteiger charge is -2.13. The van der Waals surface area contributed by atoms with Gasteiger partial charge in [0.25, 0.3) is 0 Å². The Bertz CT molecular complexity index is 1230. The first-order valence-corrected chi connectivity index (χ1v) is 11.8. The van der Waals surface area contributed by atoms with Gasteiger partial charge >= 0.3 is 5.97 Å². The number of hydrogen-bond donors (Lipinski definition) is 1. The normalized spacial score (nSPS) is 11.9. The minimum absolute atomic E-state index is 0.151. The zero-order valence-corrected chi connectivity index (χ0v) is 20.5. The fourth-order valence-corrected chi connectivity index (χ4v) is 3.58. The van der Waals surface area contributed by atoms with E-state index in [-0.39, 0.29) is 13.2 Å². The molecule has 1 aromatic heterocycles. The van der Waals surface area contributed by atoms with Gasteiger partial charge in [-0.3, -0.25) is 9.79 Å². The van der Waals surface area contributed by atoms with Crippen LogP contribution in [0.3, 0.4) is 0 Å². The zero-order valence-electron chi connectivity index (χ0n) is 19.7. The van der Waals surface area contributed by atoms with E-state index in [1.165, 1.54) is 18.9 Å². The lowest BCUT2D eigenvalue weighted by Crippen LogP contribution is -2.16. The molecule has 10 heteroatoms. The molecule has 0 aliphatic heterocycles. The molecule has 1 N–H and O–H groups in total. The van der Waals surface area contributed by atoms with Gasteiger partial charge in [-0.25, -0.2) is 4.99 Å². The summed E-state index contributed by atoms with van der Waals surface area (Å²) in [6, 6.07) is 12.7. The fraction of sp³-hybridized carbons (Fsp3) is 0.240. The first-order chi connectivity index (χ1) is 17.0. The number of aryl methyl sites for hydroxylation is 1. The van der Waals surface area contributed by atoms with Crippen molar-refractivity contribution in [1.82, 2.24) is 10.1 Å². The molecule has 0 atom stereocenters. The molecule has 182 valence electrons. The van der Waals surface area contributed by atoms with E-state index in [1.54, 1.807) is 25.1 Å². The molecule has 0 saturated heterocycles. The van der Waals surface area contributed by atoms with Gasteiger partial charge in [-0.15, -0.1) is 11.8 Å². The molecule has 0 unspecified atom stereocenters. The molecule has 0 bridgehead atoms. The lowest BCUT2D eigenvalue weighted by atomic mass is 10.1. The Morgan fingerprint density at radius 2 is 2.03 bits per heavy atom. The maximum atomic E-state index is 11.7. The molecule has 35 heavy (non-hydrogen) atoms. The van der Waals surface area contributed by atoms with Crippen molar-refractivity contribution in [3.63, 3.8) is 0 Å². The summed E-state index contributed by atoms with van der Waals surface area (Å²) in [5, 5.41) is 14.3. The predicted octanol–water partition coefficient (Wildman–Crippen LogP) is 4.16. The van der Waals surface area contributed by atoms with Crippen molar-refractivity contribution in [1.29, 1.82) is 0 Å². The first-order valence-electron chi connectivity index (χ1n) is 10.6. The first kappa shape index (κ1) is 25.9. The number of carbonyl (C=O) groups excluding carboxylic acids is 1. The van der Waals surface area contributed by atoms with E-state index < -0.39 is 5.97 Å².